The van der Waals surface area contributed by atoms with Crippen LogP contribution in [0.2, 0.25) is 0 Å². The summed E-state index contributed by atoms with van der Waals surface area (Å²) in [5, 5.41) is 1.79. The van der Waals surface area contributed by atoms with E-state index in [1.165, 1.54) is 38.1 Å². The first kappa shape index (κ1) is 17.6. The van der Waals surface area contributed by atoms with Crippen LogP contribution in [0.25, 0.3) is 0 Å². The Morgan fingerprint density at radius 3 is 2.07 bits per heavy atom. The molecule has 0 atom stereocenters. The number of carbonyl (C=O) groups excluding carboxylic acids is 5. The zero-order valence-electron chi connectivity index (χ0n) is 15.1. The van der Waals surface area contributed by atoms with Gasteiger partial charge in [0.1, 0.15) is 0 Å². The van der Waals surface area contributed by atoms with Gasteiger partial charge in [0.05, 0.1) is 28.9 Å². The molecule has 8 heteroatoms. The lowest BCUT2D eigenvalue weighted by molar-refractivity contribution is -0.124. The minimum Gasteiger partial charge on any atom is -0.274 e. The first-order valence-corrected chi connectivity index (χ1v) is 8.56. The third-order valence-electron chi connectivity index (χ3n) is 4.73. The van der Waals surface area contributed by atoms with Crippen molar-refractivity contribution >= 4 is 40.9 Å². The molecule has 0 bridgehead atoms. The van der Waals surface area contributed by atoms with Gasteiger partial charge < -0.3 is 0 Å². The van der Waals surface area contributed by atoms with Crippen LogP contribution in [0.1, 0.15) is 40.1 Å². The highest BCUT2D eigenvalue weighted by atomic mass is 16.2. The number of hydrazine groups is 1. The zero-order valence-corrected chi connectivity index (χ0v) is 15.1. The maximum absolute atomic E-state index is 12.8. The maximum Gasteiger partial charge on any atom is 0.281 e. The Morgan fingerprint density at radius 2 is 1.54 bits per heavy atom. The van der Waals surface area contributed by atoms with E-state index >= 15 is 0 Å². The van der Waals surface area contributed by atoms with E-state index < -0.39 is 23.6 Å². The van der Waals surface area contributed by atoms with Crippen LogP contribution < -0.4 is 9.91 Å². The van der Waals surface area contributed by atoms with Gasteiger partial charge in [-0.1, -0.05) is 12.1 Å². The van der Waals surface area contributed by atoms with Crippen LogP contribution in [-0.2, 0) is 20.8 Å². The molecule has 2 heterocycles. The molecular formula is C20H15N3O5. The molecule has 0 fully saturated rings. The summed E-state index contributed by atoms with van der Waals surface area (Å²) in [5.41, 5.74) is 1.68. The summed E-state index contributed by atoms with van der Waals surface area (Å²) in [7, 11) is 0. The van der Waals surface area contributed by atoms with E-state index in [1.807, 2.05) is 0 Å². The van der Waals surface area contributed by atoms with Crippen molar-refractivity contribution in [1.29, 1.82) is 0 Å². The van der Waals surface area contributed by atoms with Crippen molar-refractivity contribution in [1.82, 2.24) is 5.01 Å². The molecule has 0 aromatic heterocycles. The van der Waals surface area contributed by atoms with E-state index in [1.54, 1.807) is 18.2 Å². The van der Waals surface area contributed by atoms with Crippen molar-refractivity contribution in [2.45, 2.75) is 20.3 Å². The van der Waals surface area contributed by atoms with Crippen molar-refractivity contribution in [3.63, 3.8) is 0 Å². The molecule has 2 aliphatic heterocycles. The Labute approximate surface area is 159 Å². The third-order valence-corrected chi connectivity index (χ3v) is 4.73. The van der Waals surface area contributed by atoms with E-state index in [0.717, 1.165) is 14.9 Å². The first-order chi connectivity index (χ1) is 13.3. The Bertz CT molecular complexity index is 1060. The smallest absolute Gasteiger partial charge is 0.274 e. The number of nitrogens with zero attached hydrogens (tertiary/aromatic N) is 3. The van der Waals surface area contributed by atoms with Gasteiger partial charge in [0, 0.05) is 13.8 Å². The van der Waals surface area contributed by atoms with Crippen LogP contribution in [0, 0.1) is 0 Å². The van der Waals surface area contributed by atoms with E-state index in [0.29, 0.717) is 11.3 Å². The van der Waals surface area contributed by atoms with Crippen LogP contribution in [0.3, 0.4) is 0 Å². The normalized spacial score (nSPS) is 15.0. The van der Waals surface area contributed by atoms with E-state index in [2.05, 4.69) is 0 Å². The molecule has 2 aromatic carbocycles. The number of imide groups is 2. The Balaban J connectivity index is 1.78. The molecule has 0 radical (unpaired) electrons. The van der Waals surface area contributed by atoms with E-state index in [4.69, 9.17) is 0 Å². The fourth-order valence-corrected chi connectivity index (χ4v) is 3.58. The quantitative estimate of drug-likeness (QED) is 0.742. The molecule has 0 N–H and O–H groups in total. The second-order valence-corrected chi connectivity index (χ2v) is 6.54. The minimum atomic E-state index is -0.599. The molecule has 140 valence electrons. The van der Waals surface area contributed by atoms with Crippen LogP contribution in [0.15, 0.2) is 42.5 Å². The molecule has 0 unspecified atom stereocenters. The SMILES string of the molecule is CC(=O)N1C(=O)Cc2cc(N(C(C)=O)N3C(=O)c4ccccc4C3=O)ccc21. The third kappa shape index (κ3) is 2.42. The average Bonchev–Trinajstić information content (AvgIpc) is 3.10. The summed E-state index contributed by atoms with van der Waals surface area (Å²) >= 11 is 0. The van der Waals surface area contributed by atoms with Gasteiger partial charge >= 0.3 is 0 Å². The predicted molar refractivity (Wildman–Crippen MR) is 98.4 cm³/mol. The molecular weight excluding hydrogens is 362 g/mol. The van der Waals surface area contributed by atoms with Crippen molar-refractivity contribution in [2.24, 2.45) is 0 Å². The highest BCUT2D eigenvalue weighted by Crippen LogP contribution is 2.34. The monoisotopic (exact) mass is 377 g/mol. The summed E-state index contributed by atoms with van der Waals surface area (Å²) < 4.78 is 0. The summed E-state index contributed by atoms with van der Waals surface area (Å²) in [4.78, 5) is 62.8. The van der Waals surface area contributed by atoms with E-state index in [-0.39, 0.29) is 29.1 Å². The van der Waals surface area contributed by atoms with Gasteiger partial charge in [-0.3, -0.25) is 28.9 Å². The molecule has 0 aliphatic carbocycles. The molecule has 0 spiro atoms. The van der Waals surface area contributed by atoms with Gasteiger partial charge in [0.25, 0.3) is 11.8 Å². The summed E-state index contributed by atoms with van der Waals surface area (Å²) in [6.07, 6.45) is -0.00336. The van der Waals surface area contributed by atoms with Gasteiger partial charge in [-0.2, -0.15) is 5.01 Å². The second kappa shape index (κ2) is 6.12. The van der Waals surface area contributed by atoms with E-state index in [9.17, 15) is 24.0 Å². The Hall–Kier alpha value is -3.81. The molecule has 0 saturated heterocycles. The molecule has 2 aromatic rings. The lowest BCUT2D eigenvalue weighted by Crippen LogP contribution is -2.49. The van der Waals surface area contributed by atoms with Crippen molar-refractivity contribution in [3.8, 4) is 0 Å². The van der Waals surface area contributed by atoms with Crippen molar-refractivity contribution in [3.05, 3.63) is 59.2 Å². The number of benzene rings is 2. The number of hydrogen-bond acceptors (Lipinski definition) is 5. The fourth-order valence-electron chi connectivity index (χ4n) is 3.58. The van der Waals surface area contributed by atoms with Crippen LogP contribution >= 0.6 is 0 Å². The van der Waals surface area contributed by atoms with Gasteiger partial charge in [0.15, 0.2) is 0 Å². The Kier molecular flexibility index (Phi) is 3.85. The van der Waals surface area contributed by atoms with Crippen molar-refractivity contribution in [2.75, 3.05) is 9.91 Å². The maximum atomic E-state index is 12.8. The first-order valence-electron chi connectivity index (χ1n) is 8.56. The Morgan fingerprint density at radius 1 is 0.929 bits per heavy atom. The fraction of sp³-hybridized carbons (Fsp3) is 0.150. The van der Waals surface area contributed by atoms with Crippen LogP contribution in [-0.4, -0.2) is 34.5 Å². The molecule has 0 saturated carbocycles. The molecule has 8 nitrogen and oxygen atoms in total. The molecule has 4 rings (SSSR count). The average molecular weight is 377 g/mol. The number of rotatable bonds is 2. The lowest BCUT2D eigenvalue weighted by Gasteiger charge is -2.29. The van der Waals surface area contributed by atoms with Gasteiger partial charge in [-0.25, -0.2) is 5.01 Å². The topological polar surface area (TPSA) is 95.1 Å². The number of amides is 5. The largest absolute Gasteiger partial charge is 0.281 e. The van der Waals surface area contributed by atoms with Crippen molar-refractivity contribution < 1.29 is 24.0 Å². The van der Waals surface area contributed by atoms with Crippen LogP contribution in [0.5, 0.6) is 0 Å². The summed E-state index contributed by atoms with van der Waals surface area (Å²) in [6, 6.07) is 10.9. The number of carbonyl (C=O) groups is 5. The summed E-state index contributed by atoms with van der Waals surface area (Å²) in [6.45, 7) is 2.53. The molecule has 28 heavy (non-hydrogen) atoms. The molecule has 2 aliphatic rings. The highest BCUT2D eigenvalue weighted by molar-refractivity contribution is 6.24. The number of anilines is 2. The number of hydrogen-bond donors (Lipinski definition) is 0. The predicted octanol–water partition coefficient (Wildman–Crippen LogP) is 1.69. The second-order valence-electron chi connectivity index (χ2n) is 6.54. The number of fused-ring (bicyclic) bond motifs is 2. The standard InChI is InChI=1S/C20H15N3O5/c1-11(24)21-17-8-7-14(9-13(17)10-18(21)26)22(12(2)25)23-19(27)15-5-3-4-6-16(15)20(23)28/h3-9H,10H2,1-2H3. The van der Waals surface area contributed by atoms with Gasteiger partial charge in [-0.05, 0) is 35.9 Å². The minimum absolute atomic E-state index is 0.00336. The van der Waals surface area contributed by atoms with Gasteiger partial charge in [-0.15, -0.1) is 0 Å². The lowest BCUT2D eigenvalue weighted by atomic mass is 10.1. The molecule has 5 amide bonds. The highest BCUT2D eigenvalue weighted by Gasteiger charge is 2.41. The zero-order chi connectivity index (χ0) is 20.2. The summed E-state index contributed by atoms with van der Waals surface area (Å²) in [5.74, 6) is -2.51. The van der Waals surface area contributed by atoms with Gasteiger partial charge in [0.2, 0.25) is 17.7 Å². The van der Waals surface area contributed by atoms with Crippen LogP contribution in [0.4, 0.5) is 11.4 Å².